The van der Waals surface area contributed by atoms with E-state index in [1.165, 1.54) is 0 Å². The zero-order chi connectivity index (χ0) is 15.2. The lowest BCUT2D eigenvalue weighted by Gasteiger charge is -2.30. The van der Waals surface area contributed by atoms with Crippen LogP contribution in [0.25, 0.3) is 0 Å². The molecule has 1 unspecified atom stereocenters. The van der Waals surface area contributed by atoms with Crippen molar-refractivity contribution in [1.29, 1.82) is 0 Å². The highest BCUT2D eigenvalue weighted by Gasteiger charge is 2.21. The summed E-state index contributed by atoms with van der Waals surface area (Å²) in [5, 5.41) is 6.48. The van der Waals surface area contributed by atoms with Gasteiger partial charge in [0.2, 0.25) is 0 Å². The Morgan fingerprint density at radius 3 is 2.67 bits per heavy atom. The number of para-hydroxylation sites is 1. The van der Waals surface area contributed by atoms with Crippen LogP contribution in [0, 0.1) is 5.92 Å². The first-order chi connectivity index (χ1) is 10.1. The Morgan fingerprint density at radius 1 is 1.33 bits per heavy atom. The highest BCUT2D eigenvalue weighted by Crippen LogP contribution is 2.23. The fourth-order valence-corrected chi connectivity index (χ4v) is 2.81. The van der Waals surface area contributed by atoms with Gasteiger partial charge in [0.25, 0.3) is 0 Å². The normalized spacial score (nSPS) is 17.6. The summed E-state index contributed by atoms with van der Waals surface area (Å²) in [5.41, 5.74) is 2.05. The van der Waals surface area contributed by atoms with Crippen molar-refractivity contribution in [2.45, 2.75) is 39.7 Å². The number of hydrogen-bond acceptors (Lipinski definition) is 2. The van der Waals surface area contributed by atoms with Crippen molar-refractivity contribution in [3.8, 4) is 0 Å². The Kier molecular flexibility index (Phi) is 5.62. The Morgan fingerprint density at radius 2 is 2.00 bits per heavy atom. The second-order valence-electron chi connectivity index (χ2n) is 5.97. The fourth-order valence-electron chi connectivity index (χ4n) is 2.81. The van der Waals surface area contributed by atoms with Crippen LogP contribution in [-0.4, -0.2) is 30.6 Å². The van der Waals surface area contributed by atoms with Gasteiger partial charge < -0.3 is 15.5 Å². The zero-order valence-corrected chi connectivity index (χ0v) is 13.4. The lowest BCUT2D eigenvalue weighted by Crippen LogP contribution is -2.40. The second-order valence-corrected chi connectivity index (χ2v) is 5.97. The predicted octanol–water partition coefficient (Wildman–Crippen LogP) is 3.62. The summed E-state index contributed by atoms with van der Waals surface area (Å²) in [5.74, 6) is 0.732. The van der Waals surface area contributed by atoms with Gasteiger partial charge in [-0.1, -0.05) is 32.0 Å². The first kappa shape index (κ1) is 15.8. The van der Waals surface area contributed by atoms with Gasteiger partial charge in [-0.05, 0) is 43.9 Å². The first-order valence-electron chi connectivity index (χ1n) is 8.00. The van der Waals surface area contributed by atoms with Gasteiger partial charge in [-0.3, -0.25) is 0 Å². The van der Waals surface area contributed by atoms with Gasteiger partial charge >= 0.3 is 6.03 Å². The molecule has 1 aliphatic rings. The molecule has 4 heteroatoms. The average molecular weight is 289 g/mol. The van der Waals surface area contributed by atoms with Gasteiger partial charge in [0.1, 0.15) is 0 Å². The molecule has 2 amide bonds. The topological polar surface area (TPSA) is 44.4 Å². The molecule has 1 heterocycles. The molecule has 1 aromatic rings. The van der Waals surface area contributed by atoms with Crippen molar-refractivity contribution in [3.63, 3.8) is 0 Å². The molecular formula is C17H27N3O. The van der Waals surface area contributed by atoms with Crippen LogP contribution in [0.5, 0.6) is 0 Å². The largest absolute Gasteiger partial charge is 0.325 e. The van der Waals surface area contributed by atoms with Crippen molar-refractivity contribution >= 4 is 11.7 Å². The molecule has 0 saturated carbocycles. The van der Waals surface area contributed by atoms with E-state index in [-0.39, 0.29) is 12.1 Å². The van der Waals surface area contributed by atoms with Crippen molar-refractivity contribution in [2.75, 3.05) is 25.0 Å². The lowest BCUT2D eigenvalue weighted by molar-refractivity contribution is 0.186. The maximum Gasteiger partial charge on any atom is 0.321 e. The molecule has 1 aromatic carbocycles. The number of nitrogens with one attached hydrogen (secondary N) is 2. The van der Waals surface area contributed by atoms with Crippen LogP contribution in [0.4, 0.5) is 10.5 Å². The van der Waals surface area contributed by atoms with E-state index in [0.29, 0.717) is 0 Å². The third-order valence-electron chi connectivity index (χ3n) is 4.25. The molecule has 0 aromatic heterocycles. The van der Waals surface area contributed by atoms with Crippen molar-refractivity contribution in [1.82, 2.24) is 10.2 Å². The number of hydrogen-bond donors (Lipinski definition) is 2. The molecule has 2 N–H and O–H groups in total. The van der Waals surface area contributed by atoms with Gasteiger partial charge in [0.05, 0.1) is 0 Å². The van der Waals surface area contributed by atoms with E-state index in [0.717, 1.165) is 49.6 Å². The number of rotatable bonds is 4. The Hall–Kier alpha value is -1.55. The summed E-state index contributed by atoms with van der Waals surface area (Å²) < 4.78 is 0. The van der Waals surface area contributed by atoms with E-state index < -0.39 is 0 Å². The molecule has 2 rings (SSSR count). The Balaban J connectivity index is 2.03. The van der Waals surface area contributed by atoms with Gasteiger partial charge in [-0.2, -0.15) is 0 Å². The summed E-state index contributed by atoms with van der Waals surface area (Å²) in [7, 11) is 0. The fraction of sp³-hybridized carbons (Fsp3) is 0.588. The molecule has 0 spiro atoms. The Bertz CT molecular complexity index is 467. The minimum absolute atomic E-state index is 0.0260. The van der Waals surface area contributed by atoms with E-state index in [2.05, 4.69) is 37.5 Å². The maximum absolute atomic E-state index is 12.4. The number of anilines is 1. The van der Waals surface area contributed by atoms with E-state index in [9.17, 15) is 4.79 Å². The third kappa shape index (κ3) is 4.21. The predicted molar refractivity (Wildman–Crippen MR) is 87.5 cm³/mol. The molecule has 4 nitrogen and oxygen atoms in total. The number of carbonyl (C=O) groups excluding carboxylic acids is 1. The highest BCUT2D eigenvalue weighted by molar-refractivity contribution is 5.90. The minimum Gasteiger partial charge on any atom is -0.325 e. The van der Waals surface area contributed by atoms with Crippen molar-refractivity contribution < 1.29 is 4.79 Å². The molecule has 1 fully saturated rings. The van der Waals surface area contributed by atoms with Crippen LogP contribution >= 0.6 is 0 Å². The maximum atomic E-state index is 12.4. The Labute approximate surface area is 127 Å². The molecular weight excluding hydrogens is 262 g/mol. The van der Waals surface area contributed by atoms with E-state index in [1.54, 1.807) is 0 Å². The molecule has 0 radical (unpaired) electrons. The number of benzene rings is 1. The van der Waals surface area contributed by atoms with Crippen LogP contribution < -0.4 is 10.6 Å². The van der Waals surface area contributed by atoms with Crippen LogP contribution in [0.2, 0.25) is 0 Å². The average Bonchev–Trinajstić information content (AvgIpc) is 2.48. The van der Waals surface area contributed by atoms with E-state index in [1.807, 2.05) is 23.1 Å². The van der Waals surface area contributed by atoms with Gasteiger partial charge in [-0.15, -0.1) is 0 Å². The lowest BCUT2D eigenvalue weighted by atomic mass is 9.99. The highest BCUT2D eigenvalue weighted by atomic mass is 16.2. The zero-order valence-electron chi connectivity index (χ0n) is 13.4. The monoisotopic (exact) mass is 289 g/mol. The number of likely N-dealkylation sites (tertiary alicyclic amines) is 1. The summed E-state index contributed by atoms with van der Waals surface area (Å²) in [4.78, 5) is 14.3. The number of urea groups is 1. The molecule has 116 valence electrons. The van der Waals surface area contributed by atoms with Gasteiger partial charge in [0, 0.05) is 24.8 Å². The quantitative estimate of drug-likeness (QED) is 0.889. The van der Waals surface area contributed by atoms with Crippen LogP contribution in [0.1, 0.15) is 45.2 Å². The van der Waals surface area contributed by atoms with Crippen molar-refractivity contribution in [2.24, 2.45) is 5.92 Å². The number of amides is 2. The van der Waals surface area contributed by atoms with E-state index in [4.69, 9.17) is 0 Å². The molecule has 21 heavy (non-hydrogen) atoms. The molecule has 1 aliphatic heterocycles. The minimum atomic E-state index is 0.0260. The summed E-state index contributed by atoms with van der Waals surface area (Å²) in [6, 6.07) is 8.29. The van der Waals surface area contributed by atoms with Crippen LogP contribution in [0.3, 0.4) is 0 Å². The number of piperidine rings is 1. The van der Waals surface area contributed by atoms with Crippen LogP contribution in [0.15, 0.2) is 24.3 Å². The molecule has 0 aliphatic carbocycles. The third-order valence-corrected chi connectivity index (χ3v) is 4.25. The van der Waals surface area contributed by atoms with Gasteiger partial charge in [0.15, 0.2) is 0 Å². The SMILES string of the molecule is CCNC(C)c1ccccc1NC(=O)N1CCC(C)CC1. The van der Waals surface area contributed by atoms with E-state index >= 15 is 0 Å². The smallest absolute Gasteiger partial charge is 0.321 e. The number of nitrogens with zero attached hydrogens (tertiary/aromatic N) is 1. The number of carbonyl (C=O) groups is 1. The second kappa shape index (κ2) is 7.46. The summed E-state index contributed by atoms with van der Waals surface area (Å²) in [6.45, 7) is 9.09. The van der Waals surface area contributed by atoms with Crippen LogP contribution in [-0.2, 0) is 0 Å². The first-order valence-corrected chi connectivity index (χ1v) is 8.00. The standard InChI is InChI=1S/C17H27N3O/c1-4-18-14(3)15-7-5-6-8-16(15)19-17(21)20-11-9-13(2)10-12-20/h5-8,13-14,18H,4,9-12H2,1-3H3,(H,19,21). The molecule has 1 atom stereocenters. The van der Waals surface area contributed by atoms with Crippen molar-refractivity contribution in [3.05, 3.63) is 29.8 Å². The molecule has 1 saturated heterocycles. The summed E-state index contributed by atoms with van der Waals surface area (Å²) in [6.07, 6.45) is 2.20. The summed E-state index contributed by atoms with van der Waals surface area (Å²) >= 11 is 0. The molecule has 0 bridgehead atoms. The van der Waals surface area contributed by atoms with Gasteiger partial charge in [-0.25, -0.2) is 4.79 Å².